The zero-order valence-electron chi connectivity index (χ0n) is 12.8. The molecule has 120 valence electrons. The van der Waals surface area contributed by atoms with E-state index in [2.05, 4.69) is 10.6 Å². The molecule has 1 aromatic rings. The summed E-state index contributed by atoms with van der Waals surface area (Å²) in [5, 5.41) is 16.1. The number of rotatable bonds is 3. The van der Waals surface area contributed by atoms with Crippen molar-refractivity contribution in [2.24, 2.45) is 0 Å². The highest BCUT2D eigenvalue weighted by Gasteiger charge is 2.38. The first kappa shape index (κ1) is 15.5. The second kappa shape index (κ2) is 6.79. The molecule has 0 spiro atoms. The van der Waals surface area contributed by atoms with Gasteiger partial charge in [0, 0.05) is 0 Å². The van der Waals surface area contributed by atoms with E-state index >= 15 is 0 Å². The molecule has 2 unspecified atom stereocenters. The molecule has 5 nitrogen and oxygen atoms in total. The van der Waals surface area contributed by atoms with E-state index in [0.29, 0.717) is 0 Å². The van der Waals surface area contributed by atoms with Crippen LogP contribution < -0.4 is 10.6 Å². The van der Waals surface area contributed by atoms with Crippen molar-refractivity contribution in [2.75, 3.05) is 6.54 Å². The number of amides is 1. The molecule has 0 saturated carbocycles. The number of hydrogen-bond acceptors (Lipinski definition) is 4. The van der Waals surface area contributed by atoms with E-state index in [0.717, 1.165) is 31.4 Å². The van der Waals surface area contributed by atoms with Crippen molar-refractivity contribution in [3.05, 3.63) is 53.3 Å². The van der Waals surface area contributed by atoms with Crippen molar-refractivity contribution in [2.45, 2.75) is 31.3 Å². The highest BCUT2D eigenvalue weighted by Crippen LogP contribution is 2.21. The Hall–Kier alpha value is -2.40. The fourth-order valence-electron chi connectivity index (χ4n) is 2.96. The number of carbonyl (C=O) groups excluding carboxylic acids is 2. The number of carbonyl (C=O) groups is 2. The van der Waals surface area contributed by atoms with Gasteiger partial charge in [-0.25, -0.2) is 0 Å². The van der Waals surface area contributed by atoms with Crippen LogP contribution in [-0.4, -0.2) is 35.4 Å². The molecule has 2 heterocycles. The number of hydrogen-bond donors (Lipinski definition) is 3. The molecular formula is C18H20N2O3. The number of Topliss-reactive ketones (excluding diaryl/α,β-unsaturated/α-hetero) is 1. The predicted molar refractivity (Wildman–Crippen MR) is 87.7 cm³/mol. The Labute approximate surface area is 135 Å². The number of nitrogens with one attached hydrogen (secondary N) is 2. The standard InChI is InChI=1S/C18H20N2O3/c21-16(13-8-4-5-11-19-13)15-17(22)14(20-18(15)23)10-9-12-6-2-1-3-7-12/h1-3,6-7,9-10,13-14,19,21H,4-5,8,11H2,(H,20,23). The molecule has 5 heteroatoms. The van der Waals surface area contributed by atoms with Crippen LogP contribution in [0, 0.1) is 0 Å². The number of aliphatic hydroxyl groups excluding tert-OH is 1. The fourth-order valence-corrected chi connectivity index (χ4v) is 2.96. The number of benzene rings is 1. The molecule has 0 radical (unpaired) electrons. The molecule has 3 rings (SSSR count). The van der Waals surface area contributed by atoms with E-state index < -0.39 is 11.9 Å². The molecule has 2 fully saturated rings. The molecule has 2 aliphatic rings. The van der Waals surface area contributed by atoms with E-state index in [1.807, 2.05) is 30.3 Å². The first-order valence-electron chi connectivity index (χ1n) is 7.91. The Morgan fingerprint density at radius 3 is 2.65 bits per heavy atom. The lowest BCUT2D eigenvalue weighted by molar-refractivity contribution is -0.117. The lowest BCUT2D eigenvalue weighted by atomic mass is 9.98. The Balaban J connectivity index is 1.78. The van der Waals surface area contributed by atoms with Gasteiger partial charge in [-0.15, -0.1) is 0 Å². The summed E-state index contributed by atoms with van der Waals surface area (Å²) in [4.78, 5) is 24.5. The molecule has 0 aliphatic carbocycles. The summed E-state index contributed by atoms with van der Waals surface area (Å²) in [5.74, 6) is -0.988. The smallest absolute Gasteiger partial charge is 0.259 e. The van der Waals surface area contributed by atoms with Gasteiger partial charge >= 0.3 is 0 Å². The third-order valence-corrected chi connectivity index (χ3v) is 4.22. The van der Waals surface area contributed by atoms with Crippen LogP contribution in [0.1, 0.15) is 24.8 Å². The van der Waals surface area contributed by atoms with Crippen molar-refractivity contribution < 1.29 is 14.7 Å². The Kier molecular flexibility index (Phi) is 4.57. The molecule has 0 bridgehead atoms. The van der Waals surface area contributed by atoms with Crippen LogP contribution in [0.4, 0.5) is 0 Å². The number of aliphatic hydroxyl groups is 1. The average molecular weight is 312 g/mol. The minimum absolute atomic E-state index is 0.105. The summed E-state index contributed by atoms with van der Waals surface area (Å²) >= 11 is 0. The van der Waals surface area contributed by atoms with Crippen molar-refractivity contribution in [3.8, 4) is 0 Å². The molecule has 0 aromatic heterocycles. The third kappa shape index (κ3) is 3.35. The van der Waals surface area contributed by atoms with Crippen LogP contribution in [0.25, 0.3) is 6.08 Å². The summed E-state index contributed by atoms with van der Waals surface area (Å²) in [6, 6.07) is 8.53. The lowest BCUT2D eigenvalue weighted by Crippen LogP contribution is -2.37. The maximum Gasteiger partial charge on any atom is 0.259 e. The number of piperidine rings is 1. The normalized spacial score (nSPS) is 27.3. The lowest BCUT2D eigenvalue weighted by Gasteiger charge is -2.23. The monoisotopic (exact) mass is 312 g/mol. The highest BCUT2D eigenvalue weighted by molar-refractivity contribution is 6.27. The van der Waals surface area contributed by atoms with Crippen molar-refractivity contribution >= 4 is 17.8 Å². The van der Waals surface area contributed by atoms with E-state index in [1.54, 1.807) is 12.2 Å². The largest absolute Gasteiger partial charge is 0.510 e. The zero-order chi connectivity index (χ0) is 16.2. The first-order chi connectivity index (χ1) is 11.2. The SMILES string of the molecule is O=C1NC(C=Cc2ccccc2)C(=O)C1=C(O)C1CCCCN1. The van der Waals surface area contributed by atoms with Crippen LogP contribution in [-0.2, 0) is 9.59 Å². The van der Waals surface area contributed by atoms with E-state index in [9.17, 15) is 14.7 Å². The maximum absolute atomic E-state index is 12.4. The van der Waals surface area contributed by atoms with Gasteiger partial charge in [0.15, 0.2) is 5.78 Å². The topological polar surface area (TPSA) is 78.4 Å². The second-order valence-electron chi connectivity index (χ2n) is 5.85. The Bertz CT molecular complexity index is 658. The molecule has 1 amide bonds. The molecule has 23 heavy (non-hydrogen) atoms. The Morgan fingerprint density at radius 1 is 1.17 bits per heavy atom. The summed E-state index contributed by atoms with van der Waals surface area (Å²) in [5.41, 5.74) is 0.845. The van der Waals surface area contributed by atoms with Gasteiger partial charge < -0.3 is 15.7 Å². The summed E-state index contributed by atoms with van der Waals surface area (Å²) in [6.07, 6.45) is 6.20. The van der Waals surface area contributed by atoms with Crippen LogP contribution in [0.3, 0.4) is 0 Å². The number of ketones is 1. The van der Waals surface area contributed by atoms with Gasteiger partial charge in [0.25, 0.3) is 5.91 Å². The summed E-state index contributed by atoms with van der Waals surface area (Å²) < 4.78 is 0. The molecular weight excluding hydrogens is 292 g/mol. The van der Waals surface area contributed by atoms with E-state index in [4.69, 9.17) is 0 Å². The maximum atomic E-state index is 12.4. The van der Waals surface area contributed by atoms with Crippen molar-refractivity contribution in [1.82, 2.24) is 10.6 Å². The van der Waals surface area contributed by atoms with Gasteiger partial charge in [0.05, 0.1) is 6.04 Å². The highest BCUT2D eigenvalue weighted by atomic mass is 16.3. The van der Waals surface area contributed by atoms with Crippen molar-refractivity contribution in [1.29, 1.82) is 0 Å². The van der Waals surface area contributed by atoms with Crippen LogP contribution >= 0.6 is 0 Å². The third-order valence-electron chi connectivity index (χ3n) is 4.22. The minimum Gasteiger partial charge on any atom is -0.510 e. The van der Waals surface area contributed by atoms with Crippen LogP contribution in [0.15, 0.2) is 47.7 Å². The minimum atomic E-state index is -0.719. The van der Waals surface area contributed by atoms with Gasteiger partial charge in [-0.3, -0.25) is 9.59 Å². The predicted octanol–water partition coefficient (Wildman–Crippen LogP) is 1.72. The summed E-state index contributed by atoms with van der Waals surface area (Å²) in [7, 11) is 0. The van der Waals surface area contributed by atoms with Gasteiger partial charge in [-0.05, 0) is 24.9 Å². The van der Waals surface area contributed by atoms with Crippen LogP contribution in [0.2, 0.25) is 0 Å². The molecule has 3 N–H and O–H groups in total. The fraction of sp³-hybridized carbons (Fsp3) is 0.333. The molecule has 1 aromatic carbocycles. The van der Waals surface area contributed by atoms with E-state index in [-0.39, 0.29) is 23.2 Å². The second-order valence-corrected chi connectivity index (χ2v) is 5.85. The van der Waals surface area contributed by atoms with Gasteiger partial charge in [-0.2, -0.15) is 0 Å². The van der Waals surface area contributed by atoms with Gasteiger partial charge in [0.2, 0.25) is 0 Å². The van der Waals surface area contributed by atoms with Crippen molar-refractivity contribution in [3.63, 3.8) is 0 Å². The average Bonchev–Trinajstić information content (AvgIpc) is 2.88. The quantitative estimate of drug-likeness (QED) is 0.451. The summed E-state index contributed by atoms with van der Waals surface area (Å²) in [6.45, 7) is 0.787. The van der Waals surface area contributed by atoms with Crippen LogP contribution in [0.5, 0.6) is 0 Å². The zero-order valence-corrected chi connectivity index (χ0v) is 12.8. The Morgan fingerprint density at radius 2 is 1.96 bits per heavy atom. The van der Waals surface area contributed by atoms with E-state index in [1.165, 1.54) is 0 Å². The molecule has 2 aliphatic heterocycles. The molecule has 2 atom stereocenters. The first-order valence-corrected chi connectivity index (χ1v) is 7.91. The van der Waals surface area contributed by atoms with Gasteiger partial charge in [0.1, 0.15) is 17.4 Å². The van der Waals surface area contributed by atoms with Gasteiger partial charge in [-0.1, -0.05) is 48.9 Å². The molecule has 2 saturated heterocycles.